The zero-order valence-electron chi connectivity index (χ0n) is 12.8. The minimum Gasteiger partial charge on any atom is -0.464 e. The molecule has 0 saturated carbocycles. The Morgan fingerprint density at radius 2 is 1.83 bits per heavy atom. The molecular weight excluding hydrogens is 312 g/mol. The topological polar surface area (TPSA) is 44.1 Å². The van der Waals surface area contributed by atoms with Crippen molar-refractivity contribution >= 4 is 17.6 Å². The molecule has 0 radical (unpaired) electrons. The highest BCUT2D eigenvalue weighted by molar-refractivity contribution is 6.35. The molecule has 0 unspecified atom stereocenters. The zero-order chi connectivity index (χ0) is 16.4. The third-order valence-electron chi connectivity index (χ3n) is 3.55. The molecule has 5 heteroatoms. The molecule has 4 nitrogen and oxygen atoms in total. The number of carbonyl (C=O) groups is 1. The lowest BCUT2D eigenvalue weighted by atomic mass is 10.1. The smallest absolute Gasteiger partial charge is 0.358 e. The number of hydrogen-bond donors (Lipinski definition) is 0. The summed E-state index contributed by atoms with van der Waals surface area (Å²) >= 11 is 6.37. The number of aromatic nitrogens is 2. The summed E-state index contributed by atoms with van der Waals surface area (Å²) < 4.78 is 6.65. The maximum atomic E-state index is 12.0. The molecule has 0 aliphatic heterocycles. The Labute approximate surface area is 139 Å². The lowest BCUT2D eigenvalue weighted by Crippen LogP contribution is -2.08. The minimum absolute atomic E-state index is 0.107. The number of methoxy groups -OCH3 is 1. The van der Waals surface area contributed by atoms with Crippen LogP contribution in [0.15, 0.2) is 54.9 Å². The molecule has 3 rings (SSSR count). The van der Waals surface area contributed by atoms with Gasteiger partial charge in [0.15, 0.2) is 5.69 Å². The van der Waals surface area contributed by atoms with Gasteiger partial charge in [-0.3, -0.25) is 0 Å². The molecule has 0 aliphatic carbocycles. The van der Waals surface area contributed by atoms with Crippen molar-refractivity contribution in [3.63, 3.8) is 0 Å². The molecule has 0 aliphatic rings. The van der Waals surface area contributed by atoms with Gasteiger partial charge in [0.05, 0.1) is 23.5 Å². The molecule has 0 saturated heterocycles. The molecular formula is C18H15ClN2O2. The SMILES string of the molecule is COC(=O)c1nc(-c2ccc(C)cc2)cc(-n2cccc2)c1Cl. The molecule has 0 bridgehead atoms. The summed E-state index contributed by atoms with van der Waals surface area (Å²) in [6.07, 6.45) is 3.72. The van der Waals surface area contributed by atoms with Crippen LogP contribution in [0.3, 0.4) is 0 Å². The van der Waals surface area contributed by atoms with Crippen molar-refractivity contribution in [1.29, 1.82) is 0 Å². The van der Waals surface area contributed by atoms with Crippen molar-refractivity contribution in [3.05, 3.63) is 71.1 Å². The van der Waals surface area contributed by atoms with Crippen LogP contribution in [-0.4, -0.2) is 22.6 Å². The van der Waals surface area contributed by atoms with Gasteiger partial charge < -0.3 is 9.30 Å². The van der Waals surface area contributed by atoms with E-state index in [4.69, 9.17) is 16.3 Å². The monoisotopic (exact) mass is 326 g/mol. The Hall–Kier alpha value is -2.59. The highest BCUT2D eigenvalue weighted by Crippen LogP contribution is 2.29. The first-order valence-electron chi connectivity index (χ1n) is 7.09. The van der Waals surface area contributed by atoms with E-state index in [0.29, 0.717) is 11.4 Å². The summed E-state index contributed by atoms with van der Waals surface area (Å²) in [6, 6.07) is 13.6. The summed E-state index contributed by atoms with van der Waals surface area (Å²) in [5.74, 6) is -0.558. The summed E-state index contributed by atoms with van der Waals surface area (Å²) in [7, 11) is 1.31. The van der Waals surface area contributed by atoms with Crippen molar-refractivity contribution in [2.75, 3.05) is 7.11 Å². The fourth-order valence-electron chi connectivity index (χ4n) is 2.30. The number of esters is 1. The van der Waals surface area contributed by atoms with Crippen molar-refractivity contribution in [3.8, 4) is 16.9 Å². The molecule has 116 valence electrons. The van der Waals surface area contributed by atoms with E-state index in [1.54, 1.807) is 0 Å². The molecule has 2 aromatic heterocycles. The van der Waals surface area contributed by atoms with E-state index in [0.717, 1.165) is 11.1 Å². The van der Waals surface area contributed by atoms with E-state index in [1.165, 1.54) is 7.11 Å². The number of rotatable bonds is 3. The van der Waals surface area contributed by atoms with Crippen LogP contribution in [0.1, 0.15) is 16.1 Å². The quantitative estimate of drug-likeness (QED) is 0.674. The number of carbonyl (C=O) groups excluding carboxylic acids is 1. The number of hydrogen-bond acceptors (Lipinski definition) is 3. The Kier molecular flexibility index (Phi) is 4.17. The normalized spacial score (nSPS) is 10.6. The van der Waals surface area contributed by atoms with E-state index in [-0.39, 0.29) is 10.7 Å². The number of nitrogens with zero attached hydrogens (tertiary/aromatic N) is 2. The van der Waals surface area contributed by atoms with Crippen LogP contribution in [-0.2, 0) is 4.74 Å². The Bertz CT molecular complexity index is 840. The van der Waals surface area contributed by atoms with Crippen molar-refractivity contribution in [2.45, 2.75) is 6.92 Å². The highest BCUT2D eigenvalue weighted by Gasteiger charge is 2.19. The maximum Gasteiger partial charge on any atom is 0.358 e. The zero-order valence-corrected chi connectivity index (χ0v) is 13.5. The molecule has 23 heavy (non-hydrogen) atoms. The van der Waals surface area contributed by atoms with Gasteiger partial charge in [-0.05, 0) is 25.1 Å². The van der Waals surface area contributed by atoms with Crippen molar-refractivity contribution in [2.24, 2.45) is 0 Å². The van der Waals surface area contributed by atoms with Gasteiger partial charge in [0.1, 0.15) is 0 Å². The van der Waals surface area contributed by atoms with Gasteiger partial charge in [-0.25, -0.2) is 9.78 Å². The lowest BCUT2D eigenvalue weighted by Gasteiger charge is -2.12. The van der Waals surface area contributed by atoms with Crippen LogP contribution in [0, 0.1) is 6.92 Å². The molecule has 0 spiro atoms. The van der Waals surface area contributed by atoms with E-state index < -0.39 is 5.97 Å². The van der Waals surface area contributed by atoms with Crippen molar-refractivity contribution < 1.29 is 9.53 Å². The van der Waals surface area contributed by atoms with Gasteiger partial charge in [0, 0.05) is 18.0 Å². The second kappa shape index (κ2) is 6.26. The highest BCUT2D eigenvalue weighted by atomic mass is 35.5. The average Bonchev–Trinajstić information content (AvgIpc) is 3.09. The number of pyridine rings is 1. The van der Waals surface area contributed by atoms with Gasteiger partial charge in [-0.15, -0.1) is 0 Å². The second-order valence-corrected chi connectivity index (χ2v) is 5.52. The molecule has 0 atom stereocenters. The van der Waals surface area contributed by atoms with Gasteiger partial charge >= 0.3 is 5.97 Å². The Morgan fingerprint density at radius 3 is 2.43 bits per heavy atom. The molecule has 3 aromatic rings. The first-order chi connectivity index (χ1) is 11.1. The third-order valence-corrected chi connectivity index (χ3v) is 3.92. The van der Waals surface area contributed by atoms with Crippen LogP contribution < -0.4 is 0 Å². The fourth-order valence-corrected chi connectivity index (χ4v) is 2.57. The molecule has 0 fully saturated rings. The van der Waals surface area contributed by atoms with Crippen LogP contribution in [0.5, 0.6) is 0 Å². The number of ether oxygens (including phenoxy) is 1. The Balaban J connectivity index is 2.22. The fraction of sp³-hybridized carbons (Fsp3) is 0.111. The van der Waals surface area contributed by atoms with Gasteiger partial charge in [-0.2, -0.15) is 0 Å². The van der Waals surface area contributed by atoms with Gasteiger partial charge in [0.25, 0.3) is 0 Å². The van der Waals surface area contributed by atoms with Crippen LogP contribution in [0.25, 0.3) is 16.9 Å². The van der Waals surface area contributed by atoms with E-state index >= 15 is 0 Å². The lowest BCUT2D eigenvalue weighted by molar-refractivity contribution is 0.0594. The second-order valence-electron chi connectivity index (χ2n) is 5.14. The first-order valence-corrected chi connectivity index (χ1v) is 7.47. The average molecular weight is 327 g/mol. The Morgan fingerprint density at radius 1 is 1.17 bits per heavy atom. The summed E-state index contributed by atoms with van der Waals surface area (Å²) in [4.78, 5) is 16.4. The third kappa shape index (κ3) is 2.98. The predicted octanol–water partition coefficient (Wildman–Crippen LogP) is 4.29. The van der Waals surface area contributed by atoms with Crippen LogP contribution in [0.2, 0.25) is 5.02 Å². The molecule has 1 aromatic carbocycles. The van der Waals surface area contributed by atoms with E-state index in [1.807, 2.05) is 66.3 Å². The van der Waals surface area contributed by atoms with Crippen molar-refractivity contribution in [1.82, 2.24) is 9.55 Å². The largest absolute Gasteiger partial charge is 0.464 e. The predicted molar refractivity (Wildman–Crippen MR) is 90.1 cm³/mol. The number of halogens is 1. The summed E-state index contributed by atoms with van der Waals surface area (Å²) in [5, 5.41) is 0.268. The minimum atomic E-state index is -0.558. The summed E-state index contributed by atoms with van der Waals surface area (Å²) in [6.45, 7) is 2.02. The number of benzene rings is 1. The first kappa shape index (κ1) is 15.3. The molecule has 0 N–H and O–H groups in total. The van der Waals surface area contributed by atoms with E-state index in [2.05, 4.69) is 4.98 Å². The molecule has 2 heterocycles. The maximum absolute atomic E-state index is 12.0. The van der Waals surface area contributed by atoms with Crippen LogP contribution in [0.4, 0.5) is 0 Å². The van der Waals surface area contributed by atoms with E-state index in [9.17, 15) is 4.79 Å². The molecule has 0 amide bonds. The van der Waals surface area contributed by atoms with Crippen LogP contribution >= 0.6 is 11.6 Å². The van der Waals surface area contributed by atoms with Gasteiger partial charge in [-0.1, -0.05) is 41.4 Å². The summed E-state index contributed by atoms with van der Waals surface area (Å²) in [5.41, 5.74) is 3.52. The van der Waals surface area contributed by atoms with Gasteiger partial charge in [0.2, 0.25) is 0 Å². The number of aryl methyl sites for hydroxylation is 1. The standard InChI is InChI=1S/C18H15ClN2O2/c1-12-5-7-13(8-6-12)14-11-15(21-9-3-4-10-21)16(19)17(20-14)18(22)23-2/h3-11H,1-2H3.